The minimum Gasteiger partial charge on any atom is -0.306 e. The van der Waals surface area contributed by atoms with Crippen molar-refractivity contribution in [1.82, 2.24) is 9.38 Å². The molecule has 78 valence electrons. The largest absolute Gasteiger partial charge is 0.306 e. The molecule has 0 atom stereocenters. The third-order valence-corrected chi connectivity index (χ3v) is 2.71. The number of benzene rings is 1. The minimum atomic E-state index is 1.01. The van der Waals surface area contributed by atoms with Gasteiger partial charge in [0.1, 0.15) is 5.65 Å². The molecular formula is C14H12N2. The molecule has 3 rings (SSSR count). The summed E-state index contributed by atoms with van der Waals surface area (Å²) in [6.07, 6.45) is 5.91. The molecule has 2 aromatic heterocycles. The van der Waals surface area contributed by atoms with Gasteiger partial charge in [0.15, 0.2) is 0 Å². The van der Waals surface area contributed by atoms with Crippen LogP contribution in [0.5, 0.6) is 0 Å². The van der Waals surface area contributed by atoms with Crippen molar-refractivity contribution in [1.29, 1.82) is 0 Å². The lowest BCUT2D eigenvalue weighted by atomic mass is 10.1. The van der Waals surface area contributed by atoms with Gasteiger partial charge < -0.3 is 4.40 Å². The van der Waals surface area contributed by atoms with E-state index in [9.17, 15) is 0 Å². The average Bonchev–Trinajstić information content (AvgIpc) is 2.77. The lowest BCUT2D eigenvalue weighted by Gasteiger charge is -2.05. The fourth-order valence-corrected chi connectivity index (χ4v) is 2.00. The van der Waals surface area contributed by atoms with Gasteiger partial charge in [0.25, 0.3) is 0 Å². The normalized spacial score (nSPS) is 10.8. The van der Waals surface area contributed by atoms with Gasteiger partial charge in [-0.05, 0) is 24.1 Å². The van der Waals surface area contributed by atoms with Crippen LogP contribution in [0.2, 0.25) is 0 Å². The van der Waals surface area contributed by atoms with E-state index in [0.29, 0.717) is 0 Å². The maximum Gasteiger partial charge on any atom is 0.144 e. The van der Waals surface area contributed by atoms with E-state index >= 15 is 0 Å². The Morgan fingerprint density at radius 2 is 1.94 bits per heavy atom. The summed E-state index contributed by atoms with van der Waals surface area (Å²) < 4.78 is 2.07. The fourth-order valence-electron chi connectivity index (χ4n) is 2.00. The van der Waals surface area contributed by atoms with Crippen LogP contribution < -0.4 is 0 Å². The number of imidazole rings is 1. The second-order valence-electron chi connectivity index (χ2n) is 3.96. The Hall–Kier alpha value is -2.09. The number of aromatic nitrogens is 2. The molecule has 2 nitrogen and oxygen atoms in total. The number of aryl methyl sites for hydroxylation is 1. The van der Waals surface area contributed by atoms with Crippen molar-refractivity contribution in [2.75, 3.05) is 0 Å². The summed E-state index contributed by atoms with van der Waals surface area (Å²) in [6.45, 7) is 2.10. The molecule has 0 N–H and O–H groups in total. The quantitative estimate of drug-likeness (QED) is 0.599. The summed E-state index contributed by atoms with van der Waals surface area (Å²) in [4.78, 5) is 4.40. The van der Waals surface area contributed by atoms with Crippen molar-refractivity contribution in [3.05, 3.63) is 60.6 Å². The first-order chi connectivity index (χ1) is 7.84. The van der Waals surface area contributed by atoms with Crippen LogP contribution in [0.25, 0.3) is 16.8 Å². The van der Waals surface area contributed by atoms with Gasteiger partial charge in [-0.3, -0.25) is 0 Å². The highest BCUT2D eigenvalue weighted by atomic mass is 15.0. The number of hydrogen-bond donors (Lipinski definition) is 0. The monoisotopic (exact) mass is 208 g/mol. The molecule has 16 heavy (non-hydrogen) atoms. The van der Waals surface area contributed by atoms with Crippen molar-refractivity contribution < 1.29 is 0 Å². The van der Waals surface area contributed by atoms with E-state index < -0.39 is 0 Å². The minimum absolute atomic E-state index is 1.01. The molecule has 2 heterocycles. The number of rotatable bonds is 1. The summed E-state index contributed by atoms with van der Waals surface area (Å²) in [5, 5.41) is 0. The summed E-state index contributed by atoms with van der Waals surface area (Å²) >= 11 is 0. The highest BCUT2D eigenvalue weighted by molar-refractivity contribution is 5.77. The molecule has 0 saturated heterocycles. The summed E-state index contributed by atoms with van der Waals surface area (Å²) in [5.74, 6) is 0. The lowest BCUT2D eigenvalue weighted by Crippen LogP contribution is -1.89. The van der Waals surface area contributed by atoms with Crippen molar-refractivity contribution in [3.63, 3.8) is 0 Å². The van der Waals surface area contributed by atoms with E-state index in [1.165, 1.54) is 16.7 Å². The average molecular weight is 208 g/mol. The van der Waals surface area contributed by atoms with Gasteiger partial charge in [-0.15, -0.1) is 0 Å². The lowest BCUT2D eigenvalue weighted by molar-refractivity contribution is 1.16. The summed E-state index contributed by atoms with van der Waals surface area (Å²) in [5.41, 5.74) is 4.65. The Labute approximate surface area is 94.2 Å². The van der Waals surface area contributed by atoms with Crippen LogP contribution in [0.3, 0.4) is 0 Å². The van der Waals surface area contributed by atoms with Crippen LogP contribution in [0, 0.1) is 6.92 Å². The molecular weight excluding hydrogens is 196 g/mol. The summed E-state index contributed by atoms with van der Waals surface area (Å²) in [6, 6.07) is 12.5. The van der Waals surface area contributed by atoms with Gasteiger partial charge in [-0.2, -0.15) is 0 Å². The molecule has 0 amide bonds. The van der Waals surface area contributed by atoms with Gasteiger partial charge in [0.05, 0.1) is 0 Å². The molecule has 0 saturated carbocycles. The number of pyridine rings is 1. The predicted molar refractivity (Wildman–Crippen MR) is 65.4 cm³/mol. The number of nitrogens with zero attached hydrogens (tertiary/aromatic N) is 2. The van der Waals surface area contributed by atoms with Crippen LogP contribution in [-0.2, 0) is 0 Å². The molecule has 1 aromatic carbocycles. The first kappa shape index (κ1) is 9.16. The SMILES string of the molecule is Cc1cc(-c2ccccc2)c2nccn2c1. The second-order valence-corrected chi connectivity index (χ2v) is 3.96. The molecule has 3 aromatic rings. The number of hydrogen-bond acceptors (Lipinski definition) is 1. The Morgan fingerprint density at radius 3 is 2.75 bits per heavy atom. The highest BCUT2D eigenvalue weighted by Gasteiger charge is 2.05. The smallest absolute Gasteiger partial charge is 0.144 e. The topological polar surface area (TPSA) is 17.3 Å². The Kier molecular flexibility index (Phi) is 2.00. The van der Waals surface area contributed by atoms with Gasteiger partial charge in [0, 0.05) is 24.2 Å². The maximum atomic E-state index is 4.40. The molecule has 0 aliphatic carbocycles. The van der Waals surface area contributed by atoms with E-state index in [-0.39, 0.29) is 0 Å². The van der Waals surface area contributed by atoms with E-state index in [2.05, 4.69) is 52.8 Å². The van der Waals surface area contributed by atoms with E-state index in [0.717, 1.165) is 5.65 Å². The van der Waals surface area contributed by atoms with Gasteiger partial charge in [0.2, 0.25) is 0 Å². The van der Waals surface area contributed by atoms with E-state index in [1.54, 1.807) is 0 Å². The van der Waals surface area contributed by atoms with Crippen LogP contribution in [-0.4, -0.2) is 9.38 Å². The van der Waals surface area contributed by atoms with Crippen molar-refractivity contribution in [2.45, 2.75) is 6.92 Å². The van der Waals surface area contributed by atoms with E-state index in [4.69, 9.17) is 0 Å². The highest BCUT2D eigenvalue weighted by Crippen LogP contribution is 2.24. The zero-order valence-corrected chi connectivity index (χ0v) is 9.09. The zero-order chi connectivity index (χ0) is 11.0. The molecule has 0 fully saturated rings. The standard InChI is InChI=1S/C14H12N2/c1-11-9-13(12-5-3-2-4-6-12)14-15-7-8-16(14)10-11/h2-10H,1H3. The maximum absolute atomic E-state index is 4.40. The zero-order valence-electron chi connectivity index (χ0n) is 9.09. The molecule has 0 unspecified atom stereocenters. The third kappa shape index (κ3) is 1.39. The van der Waals surface area contributed by atoms with Gasteiger partial charge in [-0.25, -0.2) is 4.98 Å². The summed E-state index contributed by atoms with van der Waals surface area (Å²) in [7, 11) is 0. The first-order valence-corrected chi connectivity index (χ1v) is 5.33. The van der Waals surface area contributed by atoms with Crippen molar-refractivity contribution in [2.24, 2.45) is 0 Å². The Morgan fingerprint density at radius 1 is 1.12 bits per heavy atom. The Balaban J connectivity index is 2.34. The second kappa shape index (κ2) is 3.49. The van der Waals surface area contributed by atoms with Gasteiger partial charge in [-0.1, -0.05) is 30.3 Å². The predicted octanol–water partition coefficient (Wildman–Crippen LogP) is 3.31. The molecule has 0 aliphatic rings. The fraction of sp³-hybridized carbons (Fsp3) is 0.0714. The van der Waals surface area contributed by atoms with Crippen LogP contribution in [0.1, 0.15) is 5.56 Å². The Bertz CT molecular complexity index is 624. The molecule has 0 spiro atoms. The van der Waals surface area contributed by atoms with Crippen LogP contribution in [0.4, 0.5) is 0 Å². The van der Waals surface area contributed by atoms with Crippen LogP contribution >= 0.6 is 0 Å². The molecule has 0 radical (unpaired) electrons. The van der Waals surface area contributed by atoms with E-state index in [1.807, 2.05) is 18.5 Å². The van der Waals surface area contributed by atoms with Crippen molar-refractivity contribution in [3.8, 4) is 11.1 Å². The van der Waals surface area contributed by atoms with Crippen molar-refractivity contribution >= 4 is 5.65 Å². The third-order valence-electron chi connectivity index (χ3n) is 2.71. The molecule has 2 heteroatoms. The number of fused-ring (bicyclic) bond motifs is 1. The molecule has 0 bridgehead atoms. The first-order valence-electron chi connectivity index (χ1n) is 5.33. The van der Waals surface area contributed by atoms with Gasteiger partial charge >= 0.3 is 0 Å². The molecule has 0 aliphatic heterocycles. The van der Waals surface area contributed by atoms with Crippen LogP contribution in [0.15, 0.2) is 55.0 Å².